The molecule has 0 aliphatic heterocycles. The number of carbonyl (C=O) groups is 2. The van der Waals surface area contributed by atoms with Gasteiger partial charge in [-0.05, 0) is 19.1 Å². The highest BCUT2D eigenvalue weighted by Gasteiger charge is 2.23. The molecule has 0 aliphatic carbocycles. The Morgan fingerprint density at radius 2 is 2.00 bits per heavy atom. The number of esters is 1. The summed E-state index contributed by atoms with van der Waals surface area (Å²) in [7, 11) is 0. The molecule has 1 aromatic carbocycles. The number of ether oxygens (including phenoxy) is 1. The monoisotopic (exact) mass is 323 g/mol. The van der Waals surface area contributed by atoms with Crippen LogP contribution in [0.4, 0.5) is 8.78 Å². The number of nitrogens with one attached hydrogen (secondary N) is 2. The summed E-state index contributed by atoms with van der Waals surface area (Å²) < 4.78 is 32.8. The molecule has 2 N–H and O–H groups in total. The van der Waals surface area contributed by atoms with E-state index in [4.69, 9.17) is 4.74 Å². The molecule has 0 radical (unpaired) electrons. The molecule has 6 nitrogen and oxygen atoms in total. The first-order chi connectivity index (χ1) is 10.9. The smallest absolute Gasteiger partial charge is 0.342 e. The molecule has 0 saturated heterocycles. The maximum atomic E-state index is 13.8. The van der Waals surface area contributed by atoms with Crippen molar-refractivity contribution in [1.82, 2.24) is 15.5 Å². The number of amides is 1. The second-order valence-electron chi connectivity index (χ2n) is 4.91. The van der Waals surface area contributed by atoms with Crippen LogP contribution in [0.1, 0.15) is 24.2 Å². The van der Waals surface area contributed by atoms with Gasteiger partial charge in [-0.25, -0.2) is 13.6 Å². The number of aromatic amines is 1. The maximum Gasteiger partial charge on any atom is 0.342 e. The summed E-state index contributed by atoms with van der Waals surface area (Å²) in [5.41, 5.74) is -0.576. The van der Waals surface area contributed by atoms with Gasteiger partial charge in [-0.15, -0.1) is 0 Å². The van der Waals surface area contributed by atoms with Crippen LogP contribution in [0, 0.1) is 11.6 Å². The fraction of sp³-hybridized carbons (Fsp3) is 0.267. The number of carbonyl (C=O) groups excluding carboxylic acids is 2. The van der Waals surface area contributed by atoms with Gasteiger partial charge in [0.15, 0.2) is 0 Å². The number of benzene rings is 1. The molecular formula is C15H15F2N3O3. The molecule has 8 heteroatoms. The first-order valence-electron chi connectivity index (χ1n) is 6.83. The molecule has 1 atom stereocenters. The Kier molecular flexibility index (Phi) is 5.05. The predicted octanol–water partition coefficient (Wildman–Crippen LogP) is 2.04. The summed E-state index contributed by atoms with van der Waals surface area (Å²) in [6.45, 7) is 3.04. The summed E-state index contributed by atoms with van der Waals surface area (Å²) in [6, 6.07) is 3.37. The van der Waals surface area contributed by atoms with E-state index in [9.17, 15) is 18.4 Å². The van der Waals surface area contributed by atoms with Crippen molar-refractivity contribution in [3.8, 4) is 11.3 Å². The average molecular weight is 323 g/mol. The minimum absolute atomic E-state index is 0.0938. The highest BCUT2D eigenvalue weighted by molar-refractivity contribution is 5.96. The summed E-state index contributed by atoms with van der Waals surface area (Å²) >= 11 is 0. The molecule has 0 bridgehead atoms. The lowest BCUT2D eigenvalue weighted by molar-refractivity contribution is -0.119. The molecule has 0 saturated carbocycles. The average Bonchev–Trinajstić information content (AvgIpc) is 2.94. The van der Waals surface area contributed by atoms with Crippen LogP contribution in [-0.2, 0) is 9.53 Å². The molecule has 0 unspecified atom stereocenters. The normalized spacial score (nSPS) is 11.8. The molecule has 0 aliphatic rings. The van der Waals surface area contributed by atoms with E-state index >= 15 is 0 Å². The van der Waals surface area contributed by atoms with Crippen molar-refractivity contribution in [3.05, 3.63) is 41.6 Å². The minimum atomic E-state index is -0.824. The molecule has 1 aromatic heterocycles. The third-order valence-corrected chi connectivity index (χ3v) is 3.02. The van der Waals surface area contributed by atoms with Gasteiger partial charge in [-0.1, -0.05) is 6.07 Å². The number of hydrogen-bond acceptors (Lipinski definition) is 4. The van der Waals surface area contributed by atoms with Crippen molar-refractivity contribution in [2.45, 2.75) is 20.0 Å². The summed E-state index contributed by atoms with van der Waals surface area (Å²) in [4.78, 5) is 23.0. The van der Waals surface area contributed by atoms with Gasteiger partial charge in [0.25, 0.3) is 0 Å². The third-order valence-electron chi connectivity index (χ3n) is 3.02. The lowest BCUT2D eigenvalue weighted by atomic mass is 10.1. The number of hydrogen-bond donors (Lipinski definition) is 2. The zero-order valence-corrected chi connectivity index (χ0v) is 12.5. The lowest BCUT2D eigenvalue weighted by Crippen LogP contribution is -2.31. The van der Waals surface area contributed by atoms with Gasteiger partial charge < -0.3 is 10.1 Å². The third kappa shape index (κ3) is 3.91. The molecular weight excluding hydrogens is 308 g/mol. The van der Waals surface area contributed by atoms with E-state index in [0.717, 1.165) is 18.3 Å². The second-order valence-corrected chi connectivity index (χ2v) is 4.91. The largest absolute Gasteiger partial charge is 0.457 e. The molecule has 0 spiro atoms. The van der Waals surface area contributed by atoms with Gasteiger partial charge in [0.2, 0.25) is 5.91 Å². The van der Waals surface area contributed by atoms with Gasteiger partial charge in [0.05, 0.1) is 24.0 Å². The Balaban J connectivity index is 2.21. The highest BCUT2D eigenvalue weighted by Crippen LogP contribution is 2.27. The molecule has 0 fully saturated rings. The maximum absolute atomic E-state index is 13.8. The van der Waals surface area contributed by atoms with Crippen LogP contribution in [-0.4, -0.2) is 34.7 Å². The highest BCUT2D eigenvalue weighted by atomic mass is 19.1. The van der Waals surface area contributed by atoms with Crippen LogP contribution in [0.25, 0.3) is 11.3 Å². The molecule has 23 heavy (non-hydrogen) atoms. The summed E-state index contributed by atoms with van der Waals surface area (Å²) in [5, 5.41) is 8.56. The minimum Gasteiger partial charge on any atom is -0.457 e. The summed E-state index contributed by atoms with van der Waals surface area (Å²) in [6.07, 6.45) is 0.522. The zero-order valence-electron chi connectivity index (χ0n) is 12.5. The van der Waals surface area contributed by atoms with E-state index in [1.807, 2.05) is 0 Å². The Labute approximate surface area is 130 Å². The fourth-order valence-corrected chi connectivity index (χ4v) is 1.94. The molecule has 1 amide bonds. The van der Waals surface area contributed by atoms with Gasteiger partial charge in [0.1, 0.15) is 23.3 Å². The Morgan fingerprint density at radius 3 is 2.61 bits per heavy atom. The topological polar surface area (TPSA) is 84.1 Å². The van der Waals surface area contributed by atoms with Gasteiger partial charge in [0, 0.05) is 6.92 Å². The van der Waals surface area contributed by atoms with E-state index in [1.54, 1.807) is 6.92 Å². The Morgan fingerprint density at radius 1 is 1.35 bits per heavy atom. The second kappa shape index (κ2) is 6.99. The van der Waals surface area contributed by atoms with Crippen LogP contribution in [0.5, 0.6) is 0 Å². The van der Waals surface area contributed by atoms with Crippen molar-refractivity contribution in [3.63, 3.8) is 0 Å². The SMILES string of the molecule is CC(=O)NC[C@@H](C)OC(=O)c1cn[nH]c1-c1c(F)cccc1F. The first-order valence-corrected chi connectivity index (χ1v) is 6.83. The molecule has 2 aromatic rings. The van der Waals surface area contributed by atoms with Crippen molar-refractivity contribution < 1.29 is 23.1 Å². The Hall–Kier alpha value is -2.77. The van der Waals surface area contributed by atoms with Crippen molar-refractivity contribution >= 4 is 11.9 Å². The van der Waals surface area contributed by atoms with Gasteiger partial charge >= 0.3 is 5.97 Å². The molecule has 2 rings (SSSR count). The standard InChI is InChI=1S/C15H15F2N3O3/c1-8(6-18-9(2)21)23-15(22)10-7-19-20-14(10)13-11(16)4-3-5-12(13)17/h3-5,7-8H,6H2,1-2H3,(H,18,21)(H,19,20)/t8-/m1/s1. The number of rotatable bonds is 5. The predicted molar refractivity (Wildman–Crippen MR) is 77.5 cm³/mol. The van der Waals surface area contributed by atoms with Crippen LogP contribution in [0.15, 0.2) is 24.4 Å². The number of halogens is 2. The molecule has 1 heterocycles. The quantitative estimate of drug-likeness (QED) is 0.825. The number of aromatic nitrogens is 2. The van der Waals surface area contributed by atoms with Crippen molar-refractivity contribution in [2.24, 2.45) is 0 Å². The van der Waals surface area contributed by atoms with E-state index in [-0.39, 0.29) is 29.3 Å². The first kappa shape index (κ1) is 16.6. The van der Waals surface area contributed by atoms with Gasteiger partial charge in [-0.3, -0.25) is 9.89 Å². The number of H-pyrrole nitrogens is 1. The Bertz CT molecular complexity index is 710. The van der Waals surface area contributed by atoms with Crippen LogP contribution in [0.3, 0.4) is 0 Å². The van der Waals surface area contributed by atoms with Crippen LogP contribution in [0.2, 0.25) is 0 Å². The van der Waals surface area contributed by atoms with E-state index in [1.165, 1.54) is 13.0 Å². The van der Waals surface area contributed by atoms with Crippen LogP contribution < -0.4 is 5.32 Å². The lowest BCUT2D eigenvalue weighted by Gasteiger charge is -2.13. The number of nitrogens with zero attached hydrogens (tertiary/aromatic N) is 1. The van der Waals surface area contributed by atoms with E-state index < -0.39 is 23.7 Å². The van der Waals surface area contributed by atoms with Crippen molar-refractivity contribution in [1.29, 1.82) is 0 Å². The summed E-state index contributed by atoms with van der Waals surface area (Å²) in [5.74, 6) is -2.70. The van der Waals surface area contributed by atoms with Crippen molar-refractivity contribution in [2.75, 3.05) is 6.54 Å². The fourth-order valence-electron chi connectivity index (χ4n) is 1.94. The molecule has 122 valence electrons. The zero-order chi connectivity index (χ0) is 17.0. The van der Waals surface area contributed by atoms with Gasteiger partial charge in [-0.2, -0.15) is 5.10 Å². The van der Waals surface area contributed by atoms with Crippen LogP contribution >= 0.6 is 0 Å². The van der Waals surface area contributed by atoms with E-state index in [0.29, 0.717) is 0 Å². The van der Waals surface area contributed by atoms with E-state index in [2.05, 4.69) is 15.5 Å².